The number of amides is 1. The number of rotatable bonds is 8. The molecule has 1 atom stereocenters. The summed E-state index contributed by atoms with van der Waals surface area (Å²) < 4.78 is 1.68. The molecule has 0 spiro atoms. The third-order valence-electron chi connectivity index (χ3n) is 3.70. The van der Waals surface area contributed by atoms with Gasteiger partial charge in [-0.25, -0.2) is 0 Å². The largest absolute Gasteiger partial charge is 0.353 e. The van der Waals surface area contributed by atoms with Gasteiger partial charge in [0.25, 0.3) is 0 Å². The molecule has 0 bridgehead atoms. The standard InChI is InChI=1S/C17H25N5OS/c1-12(2)9-10-14(4)18-16(23)11-24-17-19-20-21-22(17)15-8-6-5-7-13(15)3/h5-8,12,14H,9-11H2,1-4H3,(H,18,23)/t14-/m1/s1. The molecule has 0 fully saturated rings. The van der Waals surface area contributed by atoms with Crippen molar-refractivity contribution in [1.82, 2.24) is 25.5 Å². The molecule has 6 nitrogen and oxygen atoms in total. The number of aryl methyl sites for hydroxylation is 1. The van der Waals surface area contributed by atoms with Gasteiger partial charge in [-0.15, -0.1) is 5.10 Å². The van der Waals surface area contributed by atoms with Crippen molar-refractivity contribution >= 4 is 17.7 Å². The first-order chi connectivity index (χ1) is 11.5. The molecular formula is C17H25N5OS. The SMILES string of the molecule is Cc1ccccc1-n1nnnc1SCC(=O)N[C@H](C)CCC(C)C. The number of hydrogen-bond acceptors (Lipinski definition) is 5. The number of tetrazole rings is 1. The van der Waals surface area contributed by atoms with Crippen molar-refractivity contribution < 1.29 is 4.79 Å². The van der Waals surface area contributed by atoms with Crippen molar-refractivity contribution in [2.45, 2.75) is 51.7 Å². The number of para-hydroxylation sites is 1. The van der Waals surface area contributed by atoms with E-state index in [9.17, 15) is 4.79 Å². The highest BCUT2D eigenvalue weighted by Gasteiger charge is 2.14. The molecule has 0 saturated heterocycles. The van der Waals surface area contributed by atoms with Gasteiger partial charge in [-0.3, -0.25) is 4.79 Å². The van der Waals surface area contributed by atoms with E-state index in [1.54, 1.807) is 4.68 Å². The zero-order valence-corrected chi connectivity index (χ0v) is 15.5. The number of carbonyl (C=O) groups is 1. The lowest BCUT2D eigenvalue weighted by Gasteiger charge is -2.14. The van der Waals surface area contributed by atoms with Crippen molar-refractivity contribution in [2.24, 2.45) is 5.92 Å². The predicted molar refractivity (Wildman–Crippen MR) is 96.3 cm³/mol. The van der Waals surface area contributed by atoms with Gasteiger partial charge < -0.3 is 5.32 Å². The van der Waals surface area contributed by atoms with Crippen LogP contribution in [0.3, 0.4) is 0 Å². The minimum absolute atomic E-state index is 0.00981. The summed E-state index contributed by atoms with van der Waals surface area (Å²) in [4.78, 5) is 12.1. The smallest absolute Gasteiger partial charge is 0.230 e. The van der Waals surface area contributed by atoms with Gasteiger partial charge in [0.2, 0.25) is 11.1 Å². The Morgan fingerprint density at radius 3 is 2.71 bits per heavy atom. The number of aromatic nitrogens is 4. The molecule has 1 amide bonds. The van der Waals surface area contributed by atoms with Gasteiger partial charge in [0, 0.05) is 6.04 Å². The third-order valence-corrected chi connectivity index (χ3v) is 4.62. The van der Waals surface area contributed by atoms with Crippen LogP contribution in [0.4, 0.5) is 0 Å². The van der Waals surface area contributed by atoms with Gasteiger partial charge in [-0.2, -0.15) is 4.68 Å². The van der Waals surface area contributed by atoms with E-state index in [-0.39, 0.29) is 11.9 Å². The first-order valence-corrected chi connectivity index (χ1v) is 9.22. The Balaban J connectivity index is 1.90. The molecule has 0 aliphatic rings. The summed E-state index contributed by atoms with van der Waals surface area (Å²) in [5.74, 6) is 0.964. The van der Waals surface area contributed by atoms with Crippen LogP contribution >= 0.6 is 11.8 Å². The molecule has 0 aliphatic heterocycles. The van der Waals surface area contributed by atoms with Crippen LogP contribution in [-0.4, -0.2) is 37.9 Å². The number of benzene rings is 1. The van der Waals surface area contributed by atoms with E-state index < -0.39 is 0 Å². The third kappa shape index (κ3) is 5.33. The minimum Gasteiger partial charge on any atom is -0.353 e. The van der Waals surface area contributed by atoms with Gasteiger partial charge >= 0.3 is 0 Å². The fourth-order valence-electron chi connectivity index (χ4n) is 2.32. The van der Waals surface area contributed by atoms with Gasteiger partial charge in [-0.05, 0) is 54.7 Å². The van der Waals surface area contributed by atoms with Gasteiger partial charge in [-0.1, -0.05) is 43.8 Å². The lowest BCUT2D eigenvalue weighted by atomic mass is 10.0. The first kappa shape index (κ1) is 18.4. The second-order valence-corrected chi connectivity index (χ2v) is 7.33. The highest BCUT2D eigenvalue weighted by Crippen LogP contribution is 2.20. The highest BCUT2D eigenvalue weighted by molar-refractivity contribution is 7.99. The van der Waals surface area contributed by atoms with Gasteiger partial charge in [0.05, 0.1) is 11.4 Å². The van der Waals surface area contributed by atoms with E-state index in [1.165, 1.54) is 11.8 Å². The fourth-order valence-corrected chi connectivity index (χ4v) is 3.02. The fraction of sp³-hybridized carbons (Fsp3) is 0.529. The number of nitrogens with one attached hydrogen (secondary N) is 1. The molecule has 1 N–H and O–H groups in total. The maximum atomic E-state index is 12.1. The summed E-state index contributed by atoms with van der Waals surface area (Å²) in [6.07, 6.45) is 2.11. The summed E-state index contributed by atoms with van der Waals surface area (Å²) in [5, 5.41) is 15.5. The maximum absolute atomic E-state index is 12.1. The summed E-state index contributed by atoms with van der Waals surface area (Å²) >= 11 is 1.35. The van der Waals surface area contributed by atoms with E-state index in [0.717, 1.165) is 24.1 Å². The summed E-state index contributed by atoms with van der Waals surface area (Å²) in [6, 6.07) is 8.08. The molecule has 1 heterocycles. The second kappa shape index (κ2) is 8.82. The average Bonchev–Trinajstić information content (AvgIpc) is 2.99. The molecule has 2 rings (SSSR count). The lowest BCUT2D eigenvalue weighted by molar-refractivity contribution is -0.119. The lowest BCUT2D eigenvalue weighted by Crippen LogP contribution is -2.34. The molecule has 0 unspecified atom stereocenters. The Morgan fingerprint density at radius 1 is 1.25 bits per heavy atom. The summed E-state index contributed by atoms with van der Waals surface area (Å²) in [7, 11) is 0. The van der Waals surface area contributed by atoms with Crippen molar-refractivity contribution in [3.63, 3.8) is 0 Å². The average molecular weight is 347 g/mol. The van der Waals surface area contributed by atoms with E-state index >= 15 is 0 Å². The number of hydrogen-bond donors (Lipinski definition) is 1. The second-order valence-electron chi connectivity index (χ2n) is 6.39. The molecule has 0 radical (unpaired) electrons. The zero-order valence-electron chi connectivity index (χ0n) is 14.7. The molecule has 7 heteroatoms. The molecule has 0 aliphatic carbocycles. The molecule has 1 aromatic carbocycles. The highest BCUT2D eigenvalue weighted by atomic mass is 32.2. The van der Waals surface area contributed by atoms with E-state index in [1.807, 2.05) is 38.1 Å². The van der Waals surface area contributed by atoms with Crippen LogP contribution in [0.1, 0.15) is 39.2 Å². The molecular weight excluding hydrogens is 322 g/mol. The predicted octanol–water partition coefficient (Wildman–Crippen LogP) is 3.00. The maximum Gasteiger partial charge on any atom is 0.230 e. The Hall–Kier alpha value is -1.89. The summed E-state index contributed by atoms with van der Waals surface area (Å²) in [6.45, 7) is 8.43. The van der Waals surface area contributed by atoms with Crippen LogP contribution in [0.15, 0.2) is 29.4 Å². The van der Waals surface area contributed by atoms with Crippen LogP contribution in [0.2, 0.25) is 0 Å². The Morgan fingerprint density at radius 2 is 2.00 bits per heavy atom. The van der Waals surface area contributed by atoms with Crippen LogP contribution in [0.5, 0.6) is 0 Å². The van der Waals surface area contributed by atoms with Crippen molar-refractivity contribution in [1.29, 1.82) is 0 Å². The first-order valence-electron chi connectivity index (χ1n) is 8.24. The summed E-state index contributed by atoms with van der Waals surface area (Å²) in [5.41, 5.74) is 2.01. The van der Waals surface area contributed by atoms with Crippen molar-refractivity contribution in [3.8, 4) is 5.69 Å². The van der Waals surface area contributed by atoms with Crippen LogP contribution in [0, 0.1) is 12.8 Å². The monoisotopic (exact) mass is 347 g/mol. The zero-order chi connectivity index (χ0) is 17.5. The number of nitrogens with zero attached hydrogens (tertiary/aromatic N) is 4. The van der Waals surface area contributed by atoms with Crippen molar-refractivity contribution in [2.75, 3.05) is 5.75 Å². The quantitative estimate of drug-likeness (QED) is 0.743. The van der Waals surface area contributed by atoms with Crippen LogP contribution < -0.4 is 5.32 Å². The van der Waals surface area contributed by atoms with E-state index in [2.05, 4.69) is 34.7 Å². The molecule has 130 valence electrons. The minimum atomic E-state index is 0.00981. The molecule has 0 saturated carbocycles. The van der Waals surface area contributed by atoms with Crippen LogP contribution in [0.25, 0.3) is 5.69 Å². The molecule has 2 aromatic rings. The Kier molecular flexibility index (Phi) is 6.78. The number of thioether (sulfide) groups is 1. The molecule has 24 heavy (non-hydrogen) atoms. The molecule has 1 aromatic heterocycles. The van der Waals surface area contributed by atoms with E-state index in [0.29, 0.717) is 16.8 Å². The Labute approximate surface area is 147 Å². The normalized spacial score (nSPS) is 12.4. The van der Waals surface area contributed by atoms with E-state index in [4.69, 9.17) is 0 Å². The van der Waals surface area contributed by atoms with Crippen LogP contribution in [-0.2, 0) is 4.79 Å². The van der Waals surface area contributed by atoms with Gasteiger partial charge in [0.1, 0.15) is 0 Å². The topological polar surface area (TPSA) is 72.7 Å². The number of carbonyl (C=O) groups excluding carboxylic acids is 1. The Bertz CT molecular complexity index is 671. The van der Waals surface area contributed by atoms with Crippen molar-refractivity contribution in [3.05, 3.63) is 29.8 Å². The van der Waals surface area contributed by atoms with Gasteiger partial charge in [0.15, 0.2) is 0 Å².